The minimum Gasteiger partial charge on any atom is -0.479 e. The Labute approximate surface area is 119 Å². The minimum absolute atomic E-state index is 0.0521. The first-order valence-corrected chi connectivity index (χ1v) is 8.17. The molecular weight excluding hydrogens is 264 g/mol. The summed E-state index contributed by atoms with van der Waals surface area (Å²) >= 11 is 1.66. The molecule has 1 fully saturated rings. The van der Waals surface area contributed by atoms with E-state index in [0.717, 1.165) is 18.6 Å². The Morgan fingerprint density at radius 2 is 2.21 bits per heavy atom. The third kappa shape index (κ3) is 3.55. The molecule has 0 aromatic rings. The number of thioether (sulfide) groups is 1. The number of carboxylic acid groups (broad SMARTS) is 1. The van der Waals surface area contributed by atoms with E-state index >= 15 is 0 Å². The summed E-state index contributed by atoms with van der Waals surface area (Å²) in [5.74, 6) is -0.0486. The Hall–Kier alpha value is -0.910. The van der Waals surface area contributed by atoms with Crippen LogP contribution in [0.1, 0.15) is 39.5 Å². The molecule has 2 amide bonds. The lowest BCUT2D eigenvalue weighted by atomic mass is 9.91. The molecule has 2 atom stereocenters. The van der Waals surface area contributed by atoms with Gasteiger partial charge in [0.2, 0.25) is 0 Å². The molecular formula is C13H24N2O3S. The first-order chi connectivity index (χ1) is 8.97. The summed E-state index contributed by atoms with van der Waals surface area (Å²) in [6.07, 6.45) is 4.58. The average molecular weight is 288 g/mol. The van der Waals surface area contributed by atoms with Crippen molar-refractivity contribution in [2.75, 3.05) is 18.6 Å². The van der Waals surface area contributed by atoms with E-state index in [1.54, 1.807) is 11.8 Å². The molecule has 0 spiro atoms. The van der Waals surface area contributed by atoms with E-state index < -0.39 is 11.5 Å². The number of carbonyl (C=O) groups excluding carboxylic acids is 1. The van der Waals surface area contributed by atoms with Gasteiger partial charge in [0.15, 0.2) is 0 Å². The number of nitrogens with one attached hydrogen (secondary N) is 1. The van der Waals surface area contributed by atoms with Crippen molar-refractivity contribution >= 4 is 23.8 Å². The fourth-order valence-electron chi connectivity index (χ4n) is 2.76. The smallest absolute Gasteiger partial charge is 0.329 e. The Morgan fingerprint density at radius 3 is 2.74 bits per heavy atom. The molecule has 110 valence electrons. The highest BCUT2D eigenvalue weighted by molar-refractivity contribution is 7.98. The summed E-state index contributed by atoms with van der Waals surface area (Å²) in [6, 6.07) is -0.189. The maximum atomic E-state index is 12.3. The normalized spacial score (nSPS) is 24.3. The van der Waals surface area contributed by atoms with Gasteiger partial charge in [-0.25, -0.2) is 9.59 Å². The van der Waals surface area contributed by atoms with Crippen LogP contribution in [-0.4, -0.2) is 52.1 Å². The predicted molar refractivity (Wildman–Crippen MR) is 77.6 cm³/mol. The second-order valence-electron chi connectivity index (χ2n) is 5.15. The van der Waals surface area contributed by atoms with Gasteiger partial charge in [-0.1, -0.05) is 13.3 Å². The maximum Gasteiger partial charge on any atom is 0.329 e. The van der Waals surface area contributed by atoms with Crippen LogP contribution in [0.25, 0.3) is 0 Å². The molecule has 1 saturated heterocycles. The van der Waals surface area contributed by atoms with Gasteiger partial charge in [0.1, 0.15) is 5.54 Å². The van der Waals surface area contributed by atoms with E-state index in [0.29, 0.717) is 19.4 Å². The monoisotopic (exact) mass is 288 g/mol. The van der Waals surface area contributed by atoms with Gasteiger partial charge in [-0.05, 0) is 32.4 Å². The standard InChI is InChI=1S/C13H24N2O3S/c1-4-6-13(11(16)17)7-5-8-15(13)12(18)14-10(2)9-19-3/h10H,4-9H2,1-3H3,(H,14,18)(H,16,17). The topological polar surface area (TPSA) is 69.6 Å². The number of carbonyl (C=O) groups is 2. The van der Waals surface area contributed by atoms with Gasteiger partial charge in [-0.2, -0.15) is 11.8 Å². The molecule has 0 aromatic carbocycles. The number of hydrogen-bond acceptors (Lipinski definition) is 3. The zero-order valence-corrected chi connectivity index (χ0v) is 12.8. The van der Waals surface area contributed by atoms with Crippen molar-refractivity contribution in [3.8, 4) is 0 Å². The molecule has 2 N–H and O–H groups in total. The van der Waals surface area contributed by atoms with Crippen LogP contribution < -0.4 is 5.32 Å². The van der Waals surface area contributed by atoms with Crippen LogP contribution in [0.15, 0.2) is 0 Å². The van der Waals surface area contributed by atoms with Crippen LogP contribution >= 0.6 is 11.8 Å². The van der Waals surface area contributed by atoms with E-state index in [-0.39, 0.29) is 12.1 Å². The summed E-state index contributed by atoms with van der Waals surface area (Å²) in [5.41, 5.74) is -1.00. The van der Waals surface area contributed by atoms with E-state index in [9.17, 15) is 14.7 Å². The molecule has 1 aliphatic rings. The van der Waals surface area contributed by atoms with Crippen LogP contribution in [0.2, 0.25) is 0 Å². The lowest BCUT2D eigenvalue weighted by Gasteiger charge is -2.35. The Morgan fingerprint density at radius 1 is 1.53 bits per heavy atom. The molecule has 5 nitrogen and oxygen atoms in total. The molecule has 6 heteroatoms. The second kappa shape index (κ2) is 7.03. The fraction of sp³-hybridized carbons (Fsp3) is 0.846. The highest BCUT2D eigenvalue weighted by atomic mass is 32.2. The Balaban J connectivity index is 2.79. The van der Waals surface area contributed by atoms with Crippen molar-refractivity contribution in [1.29, 1.82) is 0 Å². The number of hydrogen-bond donors (Lipinski definition) is 2. The fourth-order valence-corrected chi connectivity index (χ4v) is 3.34. The number of rotatable bonds is 6. The van der Waals surface area contributed by atoms with Crippen LogP contribution in [0, 0.1) is 0 Å². The summed E-state index contributed by atoms with van der Waals surface area (Å²) < 4.78 is 0. The van der Waals surface area contributed by atoms with Gasteiger partial charge in [-0.15, -0.1) is 0 Å². The minimum atomic E-state index is -1.00. The van der Waals surface area contributed by atoms with E-state index in [4.69, 9.17) is 0 Å². The SMILES string of the molecule is CCCC1(C(=O)O)CCCN1C(=O)NC(C)CSC. The molecule has 1 rings (SSSR count). The summed E-state index contributed by atoms with van der Waals surface area (Å²) in [6.45, 7) is 4.42. The van der Waals surface area contributed by atoms with Crippen molar-refractivity contribution in [3.63, 3.8) is 0 Å². The van der Waals surface area contributed by atoms with Gasteiger partial charge >= 0.3 is 12.0 Å². The van der Waals surface area contributed by atoms with Gasteiger partial charge in [0.05, 0.1) is 0 Å². The lowest BCUT2D eigenvalue weighted by molar-refractivity contribution is -0.148. The summed E-state index contributed by atoms with van der Waals surface area (Å²) in [7, 11) is 0. The van der Waals surface area contributed by atoms with Crippen LogP contribution in [0.5, 0.6) is 0 Å². The molecule has 19 heavy (non-hydrogen) atoms. The van der Waals surface area contributed by atoms with Crippen molar-refractivity contribution in [3.05, 3.63) is 0 Å². The van der Waals surface area contributed by atoms with Crippen molar-refractivity contribution in [2.45, 2.75) is 51.1 Å². The number of carboxylic acids is 1. The maximum absolute atomic E-state index is 12.3. The molecule has 0 bridgehead atoms. The molecule has 0 radical (unpaired) electrons. The van der Waals surface area contributed by atoms with Crippen molar-refractivity contribution < 1.29 is 14.7 Å². The molecule has 2 unspecified atom stereocenters. The van der Waals surface area contributed by atoms with Gasteiger partial charge < -0.3 is 15.3 Å². The van der Waals surface area contributed by atoms with Crippen molar-refractivity contribution in [2.24, 2.45) is 0 Å². The third-order valence-corrected chi connectivity index (χ3v) is 4.42. The van der Waals surface area contributed by atoms with E-state index in [2.05, 4.69) is 5.32 Å². The highest BCUT2D eigenvalue weighted by Crippen LogP contribution is 2.34. The van der Waals surface area contributed by atoms with Crippen LogP contribution in [-0.2, 0) is 4.79 Å². The summed E-state index contributed by atoms with van der Waals surface area (Å²) in [5, 5.41) is 12.4. The second-order valence-corrected chi connectivity index (χ2v) is 6.06. The van der Waals surface area contributed by atoms with Gasteiger partial charge in [0.25, 0.3) is 0 Å². The third-order valence-electron chi connectivity index (χ3n) is 3.58. The molecule has 1 heterocycles. The van der Waals surface area contributed by atoms with Gasteiger partial charge in [-0.3, -0.25) is 0 Å². The quantitative estimate of drug-likeness (QED) is 0.786. The van der Waals surface area contributed by atoms with Gasteiger partial charge in [0, 0.05) is 18.3 Å². The molecule has 0 aromatic heterocycles. The molecule has 0 aliphatic carbocycles. The predicted octanol–water partition coefficient (Wildman–Crippen LogP) is 2.17. The summed E-state index contributed by atoms with van der Waals surface area (Å²) in [4.78, 5) is 25.4. The van der Waals surface area contributed by atoms with Crippen LogP contribution in [0.3, 0.4) is 0 Å². The number of amides is 2. The highest BCUT2D eigenvalue weighted by Gasteiger charge is 2.49. The lowest BCUT2D eigenvalue weighted by Crippen LogP contribution is -2.57. The first-order valence-electron chi connectivity index (χ1n) is 6.78. The number of aliphatic carboxylic acids is 1. The number of nitrogens with zero attached hydrogens (tertiary/aromatic N) is 1. The molecule has 1 aliphatic heterocycles. The van der Waals surface area contributed by atoms with Crippen molar-refractivity contribution in [1.82, 2.24) is 10.2 Å². The Bertz CT molecular complexity index is 338. The zero-order valence-electron chi connectivity index (χ0n) is 11.9. The first kappa shape index (κ1) is 16.1. The zero-order chi connectivity index (χ0) is 14.5. The molecule has 0 saturated carbocycles. The largest absolute Gasteiger partial charge is 0.479 e. The number of urea groups is 1. The number of likely N-dealkylation sites (tertiary alicyclic amines) is 1. The van der Waals surface area contributed by atoms with Crippen LogP contribution in [0.4, 0.5) is 4.79 Å². The average Bonchev–Trinajstić information content (AvgIpc) is 2.74. The van der Waals surface area contributed by atoms with E-state index in [1.165, 1.54) is 4.90 Å². The Kier molecular flexibility index (Phi) is 5.97. The van der Waals surface area contributed by atoms with E-state index in [1.807, 2.05) is 20.1 Å².